The van der Waals surface area contributed by atoms with Crippen LogP contribution in [0.15, 0.2) is 11.4 Å². The third kappa shape index (κ3) is 1.80. The predicted molar refractivity (Wildman–Crippen MR) is 48.5 cm³/mol. The molecule has 1 aromatic rings. The quantitative estimate of drug-likeness (QED) is 0.704. The SMILES string of the molecule is CCC(=O)c1cc(NC)cs1. The van der Waals surface area contributed by atoms with Crippen molar-refractivity contribution < 1.29 is 4.79 Å². The highest BCUT2D eigenvalue weighted by Gasteiger charge is 2.04. The maximum atomic E-state index is 11.1. The average Bonchev–Trinajstić information content (AvgIpc) is 2.50. The highest BCUT2D eigenvalue weighted by atomic mass is 32.1. The van der Waals surface area contributed by atoms with Gasteiger partial charge in [0.2, 0.25) is 0 Å². The maximum Gasteiger partial charge on any atom is 0.172 e. The molecule has 1 N–H and O–H groups in total. The molecule has 3 heteroatoms. The van der Waals surface area contributed by atoms with Crippen molar-refractivity contribution in [2.24, 2.45) is 0 Å². The molecule has 0 saturated heterocycles. The zero-order chi connectivity index (χ0) is 8.27. The Bertz CT molecular complexity index is 254. The minimum absolute atomic E-state index is 0.219. The second-order valence-corrected chi connectivity index (χ2v) is 3.14. The summed E-state index contributed by atoms with van der Waals surface area (Å²) in [6.45, 7) is 1.88. The van der Waals surface area contributed by atoms with E-state index in [1.807, 2.05) is 25.4 Å². The van der Waals surface area contributed by atoms with Gasteiger partial charge in [0.15, 0.2) is 5.78 Å². The van der Waals surface area contributed by atoms with Gasteiger partial charge in [0.25, 0.3) is 0 Å². The monoisotopic (exact) mass is 169 g/mol. The normalized spacial score (nSPS) is 9.64. The van der Waals surface area contributed by atoms with Crippen molar-refractivity contribution in [2.45, 2.75) is 13.3 Å². The van der Waals surface area contributed by atoms with Gasteiger partial charge in [-0.1, -0.05) is 6.92 Å². The van der Waals surface area contributed by atoms with Crippen LogP contribution in [0.5, 0.6) is 0 Å². The maximum absolute atomic E-state index is 11.1. The van der Waals surface area contributed by atoms with Gasteiger partial charge in [-0.05, 0) is 6.07 Å². The van der Waals surface area contributed by atoms with E-state index < -0.39 is 0 Å². The zero-order valence-corrected chi connectivity index (χ0v) is 7.49. The van der Waals surface area contributed by atoms with Crippen LogP contribution >= 0.6 is 11.3 Å². The van der Waals surface area contributed by atoms with E-state index in [1.54, 1.807) is 0 Å². The van der Waals surface area contributed by atoms with Gasteiger partial charge >= 0.3 is 0 Å². The minimum atomic E-state index is 0.219. The summed E-state index contributed by atoms with van der Waals surface area (Å²) in [4.78, 5) is 12.0. The molecule has 0 fully saturated rings. The van der Waals surface area contributed by atoms with Crippen molar-refractivity contribution in [1.29, 1.82) is 0 Å². The summed E-state index contributed by atoms with van der Waals surface area (Å²) in [5, 5.41) is 4.93. The first-order valence-corrected chi connectivity index (χ1v) is 4.45. The second kappa shape index (κ2) is 3.53. The van der Waals surface area contributed by atoms with Gasteiger partial charge in [0, 0.05) is 24.5 Å². The van der Waals surface area contributed by atoms with Crippen LogP contribution in [0.4, 0.5) is 5.69 Å². The van der Waals surface area contributed by atoms with Gasteiger partial charge in [-0.2, -0.15) is 0 Å². The molecular weight excluding hydrogens is 158 g/mol. The van der Waals surface area contributed by atoms with E-state index in [-0.39, 0.29) is 5.78 Å². The van der Waals surface area contributed by atoms with Crippen LogP contribution in [0.2, 0.25) is 0 Å². The number of ketones is 1. The third-order valence-corrected chi connectivity index (χ3v) is 2.46. The Morgan fingerprint density at radius 2 is 2.45 bits per heavy atom. The summed E-state index contributed by atoms with van der Waals surface area (Å²) in [6.07, 6.45) is 0.587. The molecule has 0 aromatic carbocycles. The number of Topliss-reactive ketones (excluding diaryl/α,β-unsaturated/α-hetero) is 1. The van der Waals surface area contributed by atoms with Crippen LogP contribution in [-0.2, 0) is 0 Å². The summed E-state index contributed by atoms with van der Waals surface area (Å²) in [5.41, 5.74) is 1.02. The first-order valence-electron chi connectivity index (χ1n) is 3.57. The number of hydrogen-bond donors (Lipinski definition) is 1. The highest BCUT2D eigenvalue weighted by molar-refractivity contribution is 7.12. The lowest BCUT2D eigenvalue weighted by molar-refractivity contribution is 0.0992. The van der Waals surface area contributed by atoms with Crippen molar-refractivity contribution in [3.05, 3.63) is 16.3 Å². The van der Waals surface area contributed by atoms with E-state index in [4.69, 9.17) is 0 Å². The van der Waals surface area contributed by atoms with Crippen LogP contribution in [-0.4, -0.2) is 12.8 Å². The van der Waals surface area contributed by atoms with Gasteiger partial charge in [-0.3, -0.25) is 4.79 Å². The fourth-order valence-corrected chi connectivity index (χ4v) is 1.70. The van der Waals surface area contributed by atoms with E-state index in [2.05, 4.69) is 5.32 Å². The molecule has 0 bridgehead atoms. The van der Waals surface area contributed by atoms with Crippen molar-refractivity contribution in [1.82, 2.24) is 0 Å². The average molecular weight is 169 g/mol. The Labute approximate surface area is 70.2 Å². The molecular formula is C8H11NOS. The Morgan fingerprint density at radius 3 is 2.91 bits per heavy atom. The Kier molecular flexibility index (Phi) is 2.65. The molecule has 2 nitrogen and oxygen atoms in total. The van der Waals surface area contributed by atoms with Crippen LogP contribution in [0.3, 0.4) is 0 Å². The molecule has 1 rings (SSSR count). The van der Waals surface area contributed by atoms with E-state index in [9.17, 15) is 4.79 Å². The van der Waals surface area contributed by atoms with E-state index >= 15 is 0 Å². The molecule has 11 heavy (non-hydrogen) atoms. The molecule has 0 aliphatic heterocycles. The molecule has 1 aromatic heterocycles. The lowest BCUT2D eigenvalue weighted by Gasteiger charge is -1.90. The molecule has 0 atom stereocenters. The van der Waals surface area contributed by atoms with Gasteiger partial charge < -0.3 is 5.32 Å². The minimum Gasteiger partial charge on any atom is -0.387 e. The van der Waals surface area contributed by atoms with Gasteiger partial charge in [0.1, 0.15) is 0 Å². The standard InChI is InChI=1S/C8H11NOS/c1-3-7(10)8-4-6(9-2)5-11-8/h4-5,9H,3H2,1-2H3. The molecule has 0 amide bonds. The first kappa shape index (κ1) is 8.27. The zero-order valence-electron chi connectivity index (χ0n) is 6.68. The Hall–Kier alpha value is -0.830. The van der Waals surface area contributed by atoms with E-state index in [0.717, 1.165) is 10.6 Å². The topological polar surface area (TPSA) is 29.1 Å². The van der Waals surface area contributed by atoms with Crippen molar-refractivity contribution in [3.63, 3.8) is 0 Å². The predicted octanol–water partition coefficient (Wildman–Crippen LogP) is 2.38. The largest absolute Gasteiger partial charge is 0.387 e. The third-order valence-electron chi connectivity index (χ3n) is 1.48. The molecule has 0 aliphatic rings. The molecule has 60 valence electrons. The number of anilines is 1. The van der Waals surface area contributed by atoms with Crippen molar-refractivity contribution in [2.75, 3.05) is 12.4 Å². The van der Waals surface area contributed by atoms with Crippen LogP contribution < -0.4 is 5.32 Å². The number of carbonyl (C=O) groups is 1. The summed E-state index contributed by atoms with van der Waals surface area (Å²) in [6, 6.07) is 1.89. The van der Waals surface area contributed by atoms with Crippen LogP contribution in [0.25, 0.3) is 0 Å². The second-order valence-electron chi connectivity index (χ2n) is 2.23. The van der Waals surface area contributed by atoms with E-state index in [0.29, 0.717) is 6.42 Å². The summed E-state index contributed by atoms with van der Waals surface area (Å²) in [5.74, 6) is 0.219. The molecule has 0 spiro atoms. The van der Waals surface area contributed by atoms with Crippen LogP contribution in [0, 0.1) is 0 Å². The van der Waals surface area contributed by atoms with Crippen LogP contribution in [0.1, 0.15) is 23.0 Å². The number of rotatable bonds is 3. The van der Waals surface area contributed by atoms with Crippen molar-refractivity contribution >= 4 is 22.8 Å². The summed E-state index contributed by atoms with van der Waals surface area (Å²) >= 11 is 1.49. The summed E-state index contributed by atoms with van der Waals surface area (Å²) in [7, 11) is 1.85. The molecule has 0 aliphatic carbocycles. The number of thiophene rings is 1. The van der Waals surface area contributed by atoms with Gasteiger partial charge in [-0.25, -0.2) is 0 Å². The smallest absolute Gasteiger partial charge is 0.172 e. The Balaban J connectivity index is 2.80. The van der Waals surface area contributed by atoms with Crippen molar-refractivity contribution in [3.8, 4) is 0 Å². The van der Waals surface area contributed by atoms with Gasteiger partial charge in [-0.15, -0.1) is 11.3 Å². The summed E-state index contributed by atoms with van der Waals surface area (Å²) < 4.78 is 0. The van der Waals surface area contributed by atoms with E-state index in [1.165, 1.54) is 11.3 Å². The number of nitrogens with one attached hydrogen (secondary N) is 1. The molecule has 0 saturated carbocycles. The molecule has 0 unspecified atom stereocenters. The number of carbonyl (C=O) groups excluding carboxylic acids is 1. The highest BCUT2D eigenvalue weighted by Crippen LogP contribution is 2.19. The fourth-order valence-electron chi connectivity index (χ4n) is 0.788. The fraction of sp³-hybridized carbons (Fsp3) is 0.375. The molecule has 1 heterocycles. The Morgan fingerprint density at radius 1 is 1.73 bits per heavy atom. The number of hydrogen-bond acceptors (Lipinski definition) is 3. The lowest BCUT2D eigenvalue weighted by Crippen LogP contribution is -1.91. The van der Waals surface area contributed by atoms with Gasteiger partial charge in [0.05, 0.1) is 4.88 Å². The first-order chi connectivity index (χ1) is 5.27. The lowest BCUT2D eigenvalue weighted by atomic mass is 10.2. The molecule has 0 radical (unpaired) electrons.